The topological polar surface area (TPSA) is 54.4 Å². The minimum Gasteiger partial charge on any atom is -0.385 e. The molecule has 96 valence electrons. The number of alkyl halides is 2. The van der Waals surface area contributed by atoms with Crippen LogP contribution in [0.25, 0.3) is 0 Å². The van der Waals surface area contributed by atoms with Gasteiger partial charge in [-0.15, -0.1) is 0 Å². The van der Waals surface area contributed by atoms with Crippen molar-refractivity contribution in [1.82, 2.24) is 0 Å². The lowest BCUT2D eigenvalue weighted by atomic mass is 10.1. The zero-order valence-corrected chi connectivity index (χ0v) is 12.1. The molecule has 0 bridgehead atoms. The number of halogens is 3. The van der Waals surface area contributed by atoms with Gasteiger partial charge in [0, 0.05) is 0 Å². The Morgan fingerprint density at radius 3 is 2.65 bits per heavy atom. The lowest BCUT2D eigenvalue weighted by Crippen LogP contribution is -2.34. The summed E-state index contributed by atoms with van der Waals surface area (Å²) in [6, 6.07) is 4.99. The van der Waals surface area contributed by atoms with Crippen molar-refractivity contribution in [3.63, 3.8) is 0 Å². The molecular weight excluding hydrogens is 335 g/mol. The smallest absolute Gasteiger partial charge is 0.229 e. The molecule has 2 unspecified atom stereocenters. The Morgan fingerprint density at radius 1 is 1.59 bits per heavy atom. The van der Waals surface area contributed by atoms with Gasteiger partial charge in [0.1, 0.15) is 11.9 Å². The first-order chi connectivity index (χ1) is 7.72. The molecule has 1 N–H and O–H groups in total. The van der Waals surface area contributed by atoms with Gasteiger partial charge in [0.2, 0.25) is 3.12 Å². The number of sulfone groups is 1. The fourth-order valence-corrected chi connectivity index (χ4v) is 3.50. The summed E-state index contributed by atoms with van der Waals surface area (Å²) < 4.78 is 34.3. The molecule has 0 radical (unpaired) electrons. The maximum absolute atomic E-state index is 13.0. The zero-order valence-electron chi connectivity index (χ0n) is 8.90. The number of aliphatic hydroxyl groups excluding tert-OH is 1. The summed E-state index contributed by atoms with van der Waals surface area (Å²) in [4.78, 5) is 0. The Labute approximate surface area is 113 Å². The second kappa shape index (κ2) is 5.22. The lowest BCUT2D eigenvalue weighted by Gasteiger charge is -2.25. The van der Waals surface area contributed by atoms with Crippen LogP contribution in [0, 0.1) is 5.82 Å². The largest absolute Gasteiger partial charge is 0.385 e. The highest BCUT2D eigenvalue weighted by Gasteiger charge is 2.45. The molecule has 0 aromatic heterocycles. The van der Waals surface area contributed by atoms with Crippen molar-refractivity contribution in [3.05, 3.63) is 35.6 Å². The van der Waals surface area contributed by atoms with E-state index in [4.69, 9.17) is 11.6 Å². The third-order valence-corrected chi connectivity index (χ3v) is 6.92. The van der Waals surface area contributed by atoms with Crippen molar-refractivity contribution in [2.75, 3.05) is 5.75 Å². The third-order valence-electron chi connectivity index (χ3n) is 2.28. The SMILES string of the molecule is CCS(=O)(=O)C(Cl)(Br)C(O)c1cccc(F)c1. The molecule has 0 aliphatic carbocycles. The highest BCUT2D eigenvalue weighted by atomic mass is 79.9. The molecule has 0 aliphatic heterocycles. The molecule has 0 heterocycles. The van der Waals surface area contributed by atoms with Gasteiger partial charge in [0.05, 0.1) is 5.75 Å². The first-order valence-corrected chi connectivity index (χ1v) is 7.58. The molecule has 0 spiro atoms. The number of aliphatic hydroxyl groups is 1. The summed E-state index contributed by atoms with van der Waals surface area (Å²) in [5, 5.41) is 9.91. The molecule has 1 aromatic carbocycles. The third kappa shape index (κ3) is 2.99. The summed E-state index contributed by atoms with van der Waals surface area (Å²) in [5.74, 6) is -0.816. The van der Waals surface area contributed by atoms with E-state index < -0.39 is 24.9 Å². The van der Waals surface area contributed by atoms with E-state index in [0.717, 1.165) is 6.07 Å². The molecule has 1 rings (SSSR count). The van der Waals surface area contributed by atoms with E-state index in [2.05, 4.69) is 15.9 Å². The van der Waals surface area contributed by atoms with Crippen LogP contribution >= 0.6 is 27.5 Å². The zero-order chi connectivity index (χ0) is 13.3. The van der Waals surface area contributed by atoms with E-state index in [-0.39, 0.29) is 11.3 Å². The molecule has 3 nitrogen and oxygen atoms in total. The van der Waals surface area contributed by atoms with Gasteiger partial charge in [0.25, 0.3) is 0 Å². The van der Waals surface area contributed by atoms with Gasteiger partial charge < -0.3 is 5.11 Å². The number of hydrogen-bond acceptors (Lipinski definition) is 3. The number of hydrogen-bond donors (Lipinski definition) is 1. The van der Waals surface area contributed by atoms with Crippen LogP contribution in [-0.4, -0.2) is 22.4 Å². The maximum atomic E-state index is 13.0. The highest BCUT2D eigenvalue weighted by Crippen LogP contribution is 2.42. The van der Waals surface area contributed by atoms with Crippen molar-refractivity contribution < 1.29 is 17.9 Å². The molecule has 7 heteroatoms. The van der Waals surface area contributed by atoms with Crippen molar-refractivity contribution in [3.8, 4) is 0 Å². The second-order valence-corrected chi connectivity index (χ2v) is 8.93. The van der Waals surface area contributed by atoms with Gasteiger partial charge >= 0.3 is 0 Å². The highest BCUT2D eigenvalue weighted by molar-refractivity contribution is 9.12. The van der Waals surface area contributed by atoms with Gasteiger partial charge in [-0.05, 0) is 33.6 Å². The Balaban J connectivity index is 3.17. The fourth-order valence-electron chi connectivity index (χ4n) is 1.23. The van der Waals surface area contributed by atoms with Crippen LogP contribution < -0.4 is 0 Å². The molecule has 0 amide bonds. The molecule has 0 saturated heterocycles. The summed E-state index contributed by atoms with van der Waals surface area (Å²) >= 11 is 8.62. The van der Waals surface area contributed by atoms with Crippen LogP contribution in [0.1, 0.15) is 18.6 Å². The number of rotatable bonds is 4. The van der Waals surface area contributed by atoms with Crippen molar-refractivity contribution in [2.45, 2.75) is 16.1 Å². The summed E-state index contributed by atoms with van der Waals surface area (Å²) in [5.41, 5.74) is 0.0916. The van der Waals surface area contributed by atoms with Crippen LogP contribution in [-0.2, 0) is 9.84 Å². The lowest BCUT2D eigenvalue weighted by molar-refractivity contribution is 0.184. The van der Waals surface area contributed by atoms with Crippen LogP contribution in [0.3, 0.4) is 0 Å². The normalized spacial score (nSPS) is 17.5. The van der Waals surface area contributed by atoms with E-state index in [1.807, 2.05) is 0 Å². The van der Waals surface area contributed by atoms with Crippen LogP contribution in [0.4, 0.5) is 4.39 Å². The fraction of sp³-hybridized carbons (Fsp3) is 0.400. The molecule has 1 aromatic rings. The predicted molar refractivity (Wildman–Crippen MR) is 68.3 cm³/mol. The molecular formula is C10H11BrClFO3S. The van der Waals surface area contributed by atoms with E-state index in [0.29, 0.717) is 0 Å². The van der Waals surface area contributed by atoms with E-state index in [1.165, 1.54) is 25.1 Å². The van der Waals surface area contributed by atoms with E-state index in [1.54, 1.807) is 0 Å². The van der Waals surface area contributed by atoms with Gasteiger partial charge in [-0.2, -0.15) is 0 Å². The average Bonchev–Trinajstić information content (AvgIpc) is 2.27. The standard InChI is InChI=1S/C10H11BrClFO3S/c1-2-17(15,16)10(11,12)9(14)7-4-3-5-8(13)6-7/h3-6,9,14H,2H2,1H3. The van der Waals surface area contributed by atoms with Crippen molar-refractivity contribution in [1.29, 1.82) is 0 Å². The van der Waals surface area contributed by atoms with E-state index >= 15 is 0 Å². The average molecular weight is 346 g/mol. The Hall–Kier alpha value is -0.170. The maximum Gasteiger partial charge on any atom is 0.229 e. The minimum absolute atomic E-state index is 0.0916. The van der Waals surface area contributed by atoms with Gasteiger partial charge in [-0.1, -0.05) is 30.7 Å². The Bertz CT molecular complexity index is 504. The van der Waals surface area contributed by atoms with Gasteiger partial charge in [-0.3, -0.25) is 0 Å². The molecule has 0 fully saturated rings. The monoisotopic (exact) mass is 344 g/mol. The van der Waals surface area contributed by atoms with Crippen molar-refractivity contribution in [2.24, 2.45) is 0 Å². The van der Waals surface area contributed by atoms with Crippen molar-refractivity contribution >= 4 is 37.4 Å². The Kier molecular flexibility index (Phi) is 4.57. The first-order valence-electron chi connectivity index (χ1n) is 4.76. The number of benzene rings is 1. The first kappa shape index (κ1) is 14.9. The van der Waals surface area contributed by atoms with Crippen LogP contribution in [0.15, 0.2) is 24.3 Å². The minimum atomic E-state index is -3.75. The second-order valence-electron chi connectivity index (χ2n) is 3.42. The van der Waals surface area contributed by atoms with Crippen LogP contribution in [0.5, 0.6) is 0 Å². The summed E-state index contributed by atoms with van der Waals surface area (Å²) in [6.45, 7) is 1.41. The quantitative estimate of drug-likeness (QED) is 0.853. The molecule has 0 aliphatic rings. The molecule has 0 saturated carbocycles. The Morgan fingerprint density at radius 2 is 2.18 bits per heavy atom. The van der Waals surface area contributed by atoms with Gasteiger partial charge in [0.15, 0.2) is 9.84 Å². The van der Waals surface area contributed by atoms with E-state index in [9.17, 15) is 17.9 Å². The van der Waals surface area contributed by atoms with Gasteiger partial charge in [-0.25, -0.2) is 12.8 Å². The molecule has 17 heavy (non-hydrogen) atoms. The molecule has 2 atom stereocenters. The summed E-state index contributed by atoms with van der Waals surface area (Å²) in [6.07, 6.45) is -1.56. The summed E-state index contributed by atoms with van der Waals surface area (Å²) in [7, 11) is -3.75. The predicted octanol–water partition coefficient (Wildman–Crippen LogP) is 2.58. The van der Waals surface area contributed by atoms with Crippen LogP contribution in [0.2, 0.25) is 0 Å².